The summed E-state index contributed by atoms with van der Waals surface area (Å²) in [5, 5.41) is 0. The van der Waals surface area contributed by atoms with Crippen molar-refractivity contribution in [2.24, 2.45) is 5.41 Å². The smallest absolute Gasteiger partial charge is 0.0270 e. The molecule has 0 fully saturated rings. The Kier molecular flexibility index (Phi) is 3.15. The number of nitrogens with zero attached hydrogens (tertiary/aromatic N) is 1. The molecule has 0 N–H and O–H groups in total. The topological polar surface area (TPSA) is 12.9 Å². The molecule has 0 bridgehead atoms. The van der Waals surface area contributed by atoms with Crippen LogP contribution < -0.4 is 0 Å². The highest BCUT2D eigenvalue weighted by Gasteiger charge is 2.15. The largest absolute Gasteiger partial charge is 0.265 e. The molecule has 0 atom stereocenters. The number of rotatable bonds is 3. The Hall–Kier alpha value is -0.500. The molecule has 0 aliphatic carbocycles. The minimum atomic E-state index is 0.282. The van der Waals surface area contributed by atoms with Gasteiger partial charge in [0.1, 0.15) is 0 Å². The number of thiol groups is 1. The van der Waals surface area contributed by atoms with E-state index in [0.717, 1.165) is 12.2 Å². The molecule has 66 valence electrons. The zero-order valence-corrected chi connectivity index (χ0v) is 8.51. The number of pyridine rings is 1. The van der Waals surface area contributed by atoms with E-state index in [1.807, 2.05) is 12.4 Å². The van der Waals surface area contributed by atoms with E-state index in [2.05, 4.69) is 43.6 Å². The van der Waals surface area contributed by atoms with Crippen LogP contribution in [-0.4, -0.2) is 10.7 Å². The lowest BCUT2D eigenvalue weighted by atomic mass is 9.88. The van der Waals surface area contributed by atoms with Gasteiger partial charge >= 0.3 is 0 Å². The summed E-state index contributed by atoms with van der Waals surface area (Å²) in [4.78, 5) is 3.98. The number of hydrogen-bond acceptors (Lipinski definition) is 2. The van der Waals surface area contributed by atoms with Crippen LogP contribution in [0.5, 0.6) is 0 Å². The molecule has 0 aromatic carbocycles. The standard InChI is InChI=1S/C10H15NS/c1-10(2,8-12)7-9-3-5-11-6-4-9/h3-6,12H,7-8H2,1-2H3. The molecular formula is C10H15NS. The zero-order chi connectivity index (χ0) is 9.03. The van der Waals surface area contributed by atoms with E-state index in [0.29, 0.717) is 0 Å². The molecule has 12 heavy (non-hydrogen) atoms. The third-order valence-corrected chi connectivity index (χ3v) is 2.72. The van der Waals surface area contributed by atoms with E-state index < -0.39 is 0 Å². The van der Waals surface area contributed by atoms with Gasteiger partial charge in [-0.05, 0) is 35.3 Å². The molecular weight excluding hydrogens is 166 g/mol. The van der Waals surface area contributed by atoms with Crippen molar-refractivity contribution >= 4 is 12.6 Å². The lowest BCUT2D eigenvalue weighted by Crippen LogP contribution is -2.16. The van der Waals surface area contributed by atoms with Crippen LogP contribution in [0.1, 0.15) is 19.4 Å². The second-order valence-electron chi connectivity index (χ2n) is 3.85. The Morgan fingerprint density at radius 1 is 1.33 bits per heavy atom. The molecule has 0 aliphatic heterocycles. The van der Waals surface area contributed by atoms with E-state index in [1.165, 1.54) is 5.56 Å². The van der Waals surface area contributed by atoms with Crippen LogP contribution in [0, 0.1) is 5.41 Å². The first-order valence-corrected chi connectivity index (χ1v) is 4.77. The Morgan fingerprint density at radius 3 is 2.42 bits per heavy atom. The van der Waals surface area contributed by atoms with Gasteiger partial charge in [0.15, 0.2) is 0 Å². The third-order valence-electron chi connectivity index (χ3n) is 1.86. The fraction of sp³-hybridized carbons (Fsp3) is 0.500. The van der Waals surface area contributed by atoms with Crippen LogP contribution in [0.3, 0.4) is 0 Å². The van der Waals surface area contributed by atoms with E-state index in [4.69, 9.17) is 0 Å². The van der Waals surface area contributed by atoms with Crippen LogP contribution in [0.4, 0.5) is 0 Å². The van der Waals surface area contributed by atoms with E-state index >= 15 is 0 Å². The van der Waals surface area contributed by atoms with E-state index in [9.17, 15) is 0 Å². The van der Waals surface area contributed by atoms with Gasteiger partial charge in [0.2, 0.25) is 0 Å². The maximum atomic E-state index is 4.32. The zero-order valence-electron chi connectivity index (χ0n) is 7.62. The summed E-state index contributed by atoms with van der Waals surface area (Å²) in [7, 11) is 0. The highest BCUT2D eigenvalue weighted by Crippen LogP contribution is 2.22. The molecule has 1 aromatic rings. The van der Waals surface area contributed by atoms with Gasteiger partial charge in [0, 0.05) is 12.4 Å². The molecule has 0 spiro atoms. The van der Waals surface area contributed by atoms with Gasteiger partial charge in [-0.15, -0.1) is 0 Å². The second kappa shape index (κ2) is 3.94. The summed E-state index contributed by atoms with van der Waals surface area (Å²) >= 11 is 4.32. The fourth-order valence-electron chi connectivity index (χ4n) is 1.11. The molecule has 0 saturated heterocycles. The maximum absolute atomic E-state index is 4.32. The molecule has 0 radical (unpaired) electrons. The number of aromatic nitrogens is 1. The average Bonchev–Trinajstić information content (AvgIpc) is 2.06. The van der Waals surface area contributed by atoms with Crippen molar-refractivity contribution < 1.29 is 0 Å². The normalized spacial score (nSPS) is 11.6. The van der Waals surface area contributed by atoms with Gasteiger partial charge in [0.25, 0.3) is 0 Å². The van der Waals surface area contributed by atoms with E-state index in [-0.39, 0.29) is 5.41 Å². The first kappa shape index (κ1) is 9.59. The third kappa shape index (κ3) is 2.86. The fourth-order valence-corrected chi connectivity index (χ4v) is 1.22. The van der Waals surface area contributed by atoms with E-state index in [1.54, 1.807) is 0 Å². The molecule has 2 heteroatoms. The van der Waals surface area contributed by atoms with Gasteiger partial charge in [-0.2, -0.15) is 12.6 Å². The van der Waals surface area contributed by atoms with Crippen LogP contribution in [0.25, 0.3) is 0 Å². The Balaban J connectivity index is 2.64. The van der Waals surface area contributed by atoms with Gasteiger partial charge in [0.05, 0.1) is 0 Å². The summed E-state index contributed by atoms with van der Waals surface area (Å²) in [6, 6.07) is 4.12. The highest BCUT2D eigenvalue weighted by molar-refractivity contribution is 7.80. The molecule has 0 amide bonds. The van der Waals surface area contributed by atoms with Gasteiger partial charge in [-0.3, -0.25) is 4.98 Å². The molecule has 0 aliphatic rings. The summed E-state index contributed by atoms with van der Waals surface area (Å²) in [5.74, 6) is 0.912. The Labute approximate surface area is 79.6 Å². The minimum absolute atomic E-state index is 0.282. The first-order chi connectivity index (χ1) is 5.64. The summed E-state index contributed by atoms with van der Waals surface area (Å²) in [6.45, 7) is 4.45. The molecule has 0 unspecified atom stereocenters. The monoisotopic (exact) mass is 181 g/mol. The van der Waals surface area contributed by atoms with Gasteiger partial charge in [-0.25, -0.2) is 0 Å². The summed E-state index contributed by atoms with van der Waals surface area (Å²) < 4.78 is 0. The molecule has 1 heterocycles. The van der Waals surface area contributed by atoms with Crippen LogP contribution in [0.2, 0.25) is 0 Å². The van der Waals surface area contributed by atoms with Crippen LogP contribution >= 0.6 is 12.6 Å². The van der Waals surface area contributed by atoms with Crippen molar-refractivity contribution in [3.05, 3.63) is 30.1 Å². The number of hydrogen-bond donors (Lipinski definition) is 1. The predicted molar refractivity (Wildman–Crippen MR) is 55.6 cm³/mol. The van der Waals surface area contributed by atoms with Gasteiger partial charge in [-0.1, -0.05) is 13.8 Å². The van der Waals surface area contributed by atoms with Crippen molar-refractivity contribution in [2.45, 2.75) is 20.3 Å². The van der Waals surface area contributed by atoms with Gasteiger partial charge < -0.3 is 0 Å². The molecule has 0 saturated carbocycles. The summed E-state index contributed by atoms with van der Waals surface area (Å²) in [6.07, 6.45) is 4.74. The van der Waals surface area contributed by atoms with Crippen molar-refractivity contribution in [1.29, 1.82) is 0 Å². The first-order valence-electron chi connectivity index (χ1n) is 4.14. The molecule has 1 rings (SSSR count). The predicted octanol–water partition coefficient (Wildman–Crippen LogP) is 2.58. The van der Waals surface area contributed by atoms with Crippen LogP contribution in [-0.2, 0) is 6.42 Å². The Morgan fingerprint density at radius 2 is 1.92 bits per heavy atom. The van der Waals surface area contributed by atoms with Crippen molar-refractivity contribution in [3.63, 3.8) is 0 Å². The average molecular weight is 181 g/mol. The maximum Gasteiger partial charge on any atom is 0.0270 e. The highest BCUT2D eigenvalue weighted by atomic mass is 32.1. The van der Waals surface area contributed by atoms with Crippen molar-refractivity contribution in [2.75, 3.05) is 5.75 Å². The molecule has 1 aromatic heterocycles. The van der Waals surface area contributed by atoms with Crippen molar-refractivity contribution in [3.8, 4) is 0 Å². The second-order valence-corrected chi connectivity index (χ2v) is 4.17. The quantitative estimate of drug-likeness (QED) is 0.707. The SMILES string of the molecule is CC(C)(CS)Cc1ccncc1. The summed E-state index contributed by atoms with van der Waals surface area (Å²) in [5.41, 5.74) is 1.62. The minimum Gasteiger partial charge on any atom is -0.265 e. The molecule has 1 nitrogen and oxygen atoms in total. The lowest BCUT2D eigenvalue weighted by Gasteiger charge is -2.21. The van der Waals surface area contributed by atoms with Crippen LogP contribution in [0.15, 0.2) is 24.5 Å². The Bertz CT molecular complexity index is 231. The lowest BCUT2D eigenvalue weighted by molar-refractivity contribution is 0.422. The van der Waals surface area contributed by atoms with Crippen molar-refractivity contribution in [1.82, 2.24) is 4.98 Å².